The summed E-state index contributed by atoms with van der Waals surface area (Å²) in [5, 5.41) is 13.8. The van der Waals surface area contributed by atoms with Crippen molar-refractivity contribution in [1.82, 2.24) is 20.1 Å². The first kappa shape index (κ1) is 12.2. The monoisotopic (exact) mass is 262 g/mol. The molecule has 1 fully saturated rings. The average molecular weight is 262 g/mol. The van der Waals surface area contributed by atoms with Crippen LogP contribution in [0, 0.1) is 6.92 Å². The standard InChI is InChI=1S/C12H14N4O3/c1-7-13-4-2-9(14-7)11-15-12(19-16-11)8-6-18-5-3-10(8)17/h2,4,8,10,17H,3,5-6H2,1H3. The number of aryl methyl sites for hydroxylation is 1. The third-order valence-corrected chi connectivity index (χ3v) is 3.08. The quantitative estimate of drug-likeness (QED) is 0.851. The molecule has 0 aliphatic carbocycles. The Kier molecular flexibility index (Phi) is 3.22. The Morgan fingerprint density at radius 1 is 1.37 bits per heavy atom. The van der Waals surface area contributed by atoms with Crippen LogP contribution in [0.15, 0.2) is 16.8 Å². The molecule has 2 unspecified atom stereocenters. The lowest BCUT2D eigenvalue weighted by Crippen LogP contribution is -2.30. The maximum absolute atomic E-state index is 9.91. The first-order chi connectivity index (χ1) is 9.24. The number of nitrogens with zero attached hydrogens (tertiary/aromatic N) is 4. The molecule has 0 saturated carbocycles. The van der Waals surface area contributed by atoms with Crippen LogP contribution in [0.2, 0.25) is 0 Å². The predicted octanol–water partition coefficient (Wildman–Crippen LogP) is 0.700. The Labute approximate surface area is 109 Å². The maximum atomic E-state index is 9.91. The molecule has 0 aromatic carbocycles. The summed E-state index contributed by atoms with van der Waals surface area (Å²) in [5.74, 6) is 1.17. The topological polar surface area (TPSA) is 94.2 Å². The van der Waals surface area contributed by atoms with Crippen LogP contribution in [0.25, 0.3) is 11.5 Å². The van der Waals surface area contributed by atoms with E-state index in [1.807, 2.05) is 0 Å². The van der Waals surface area contributed by atoms with Crippen molar-refractivity contribution in [3.8, 4) is 11.5 Å². The zero-order chi connectivity index (χ0) is 13.2. The molecule has 3 rings (SSSR count). The normalized spacial score (nSPS) is 23.5. The number of hydrogen-bond acceptors (Lipinski definition) is 7. The van der Waals surface area contributed by atoms with E-state index in [4.69, 9.17) is 9.26 Å². The van der Waals surface area contributed by atoms with Crippen molar-refractivity contribution < 1.29 is 14.4 Å². The van der Waals surface area contributed by atoms with Gasteiger partial charge in [-0.3, -0.25) is 0 Å². The highest BCUT2D eigenvalue weighted by molar-refractivity contribution is 5.47. The minimum absolute atomic E-state index is 0.266. The molecule has 2 atom stereocenters. The van der Waals surface area contributed by atoms with E-state index in [0.717, 1.165) is 0 Å². The summed E-state index contributed by atoms with van der Waals surface area (Å²) in [7, 11) is 0. The van der Waals surface area contributed by atoms with Gasteiger partial charge in [-0.05, 0) is 19.4 Å². The minimum atomic E-state index is -0.505. The third kappa shape index (κ3) is 2.47. The lowest BCUT2D eigenvalue weighted by Gasteiger charge is -2.24. The minimum Gasteiger partial charge on any atom is -0.392 e. The van der Waals surface area contributed by atoms with Crippen LogP contribution in [0.1, 0.15) is 24.1 Å². The Bertz CT molecular complexity index is 572. The van der Waals surface area contributed by atoms with Crippen molar-refractivity contribution in [3.63, 3.8) is 0 Å². The molecular formula is C12H14N4O3. The number of ether oxygens (including phenoxy) is 1. The van der Waals surface area contributed by atoms with Gasteiger partial charge < -0.3 is 14.4 Å². The zero-order valence-corrected chi connectivity index (χ0v) is 10.5. The molecule has 1 N–H and O–H groups in total. The number of aromatic nitrogens is 4. The zero-order valence-electron chi connectivity index (χ0n) is 10.5. The Hall–Kier alpha value is -1.86. The first-order valence-electron chi connectivity index (χ1n) is 6.13. The van der Waals surface area contributed by atoms with Crippen molar-refractivity contribution in [2.45, 2.75) is 25.4 Å². The van der Waals surface area contributed by atoms with Crippen molar-refractivity contribution in [1.29, 1.82) is 0 Å². The number of hydrogen-bond donors (Lipinski definition) is 1. The van der Waals surface area contributed by atoms with Crippen LogP contribution in [-0.2, 0) is 4.74 Å². The SMILES string of the molecule is Cc1nccc(-c2noc(C3COCCC3O)n2)n1. The summed E-state index contributed by atoms with van der Waals surface area (Å²) in [6.07, 6.45) is 1.72. The van der Waals surface area contributed by atoms with Crippen LogP contribution in [0.4, 0.5) is 0 Å². The van der Waals surface area contributed by atoms with E-state index in [0.29, 0.717) is 42.9 Å². The molecule has 1 aliphatic heterocycles. The fourth-order valence-corrected chi connectivity index (χ4v) is 2.03. The van der Waals surface area contributed by atoms with E-state index < -0.39 is 6.10 Å². The second-order valence-electron chi connectivity index (χ2n) is 4.48. The number of aliphatic hydroxyl groups is 1. The first-order valence-corrected chi connectivity index (χ1v) is 6.13. The molecule has 2 aromatic heterocycles. The molecule has 0 radical (unpaired) electrons. The van der Waals surface area contributed by atoms with Gasteiger partial charge in [-0.15, -0.1) is 0 Å². The van der Waals surface area contributed by atoms with E-state index in [1.165, 1.54) is 0 Å². The molecule has 19 heavy (non-hydrogen) atoms. The molecular weight excluding hydrogens is 248 g/mol. The smallest absolute Gasteiger partial charge is 0.235 e. The van der Waals surface area contributed by atoms with Gasteiger partial charge in [-0.25, -0.2) is 9.97 Å². The molecule has 3 heterocycles. The predicted molar refractivity (Wildman–Crippen MR) is 64.2 cm³/mol. The second-order valence-corrected chi connectivity index (χ2v) is 4.48. The molecule has 0 bridgehead atoms. The van der Waals surface area contributed by atoms with Crippen LogP contribution in [0.3, 0.4) is 0 Å². The number of rotatable bonds is 2. The summed E-state index contributed by atoms with van der Waals surface area (Å²) in [4.78, 5) is 12.5. The van der Waals surface area contributed by atoms with Crippen LogP contribution >= 0.6 is 0 Å². The van der Waals surface area contributed by atoms with Gasteiger partial charge in [0, 0.05) is 12.8 Å². The summed E-state index contributed by atoms with van der Waals surface area (Å²) in [6, 6.07) is 1.72. The molecule has 1 aliphatic rings. The Morgan fingerprint density at radius 2 is 2.26 bits per heavy atom. The number of aliphatic hydroxyl groups excluding tert-OH is 1. The van der Waals surface area contributed by atoms with E-state index >= 15 is 0 Å². The second kappa shape index (κ2) is 5.02. The van der Waals surface area contributed by atoms with E-state index in [2.05, 4.69) is 20.1 Å². The lowest BCUT2D eigenvalue weighted by atomic mass is 9.99. The summed E-state index contributed by atoms with van der Waals surface area (Å²) in [5.41, 5.74) is 0.605. The van der Waals surface area contributed by atoms with Crippen molar-refractivity contribution in [2.75, 3.05) is 13.2 Å². The van der Waals surface area contributed by atoms with Crippen LogP contribution in [0.5, 0.6) is 0 Å². The van der Waals surface area contributed by atoms with E-state index in [9.17, 15) is 5.11 Å². The molecule has 2 aromatic rings. The van der Waals surface area contributed by atoms with Gasteiger partial charge >= 0.3 is 0 Å². The van der Waals surface area contributed by atoms with E-state index in [1.54, 1.807) is 19.2 Å². The lowest BCUT2D eigenvalue weighted by molar-refractivity contribution is -0.0149. The fourth-order valence-electron chi connectivity index (χ4n) is 2.03. The molecule has 100 valence electrons. The Morgan fingerprint density at radius 3 is 3.05 bits per heavy atom. The van der Waals surface area contributed by atoms with Crippen molar-refractivity contribution in [3.05, 3.63) is 24.0 Å². The van der Waals surface area contributed by atoms with Crippen molar-refractivity contribution >= 4 is 0 Å². The van der Waals surface area contributed by atoms with Gasteiger partial charge in [-0.1, -0.05) is 5.16 Å². The molecule has 0 spiro atoms. The van der Waals surface area contributed by atoms with Crippen molar-refractivity contribution in [2.24, 2.45) is 0 Å². The summed E-state index contributed by atoms with van der Waals surface area (Å²) in [6.45, 7) is 2.75. The molecule has 7 nitrogen and oxygen atoms in total. The third-order valence-electron chi connectivity index (χ3n) is 3.08. The van der Waals surface area contributed by atoms with Gasteiger partial charge in [0.15, 0.2) is 0 Å². The van der Waals surface area contributed by atoms with E-state index in [-0.39, 0.29) is 5.92 Å². The largest absolute Gasteiger partial charge is 0.392 e. The molecule has 0 amide bonds. The van der Waals surface area contributed by atoms with Gasteiger partial charge in [0.2, 0.25) is 11.7 Å². The van der Waals surface area contributed by atoms with Crippen LogP contribution < -0.4 is 0 Å². The fraction of sp³-hybridized carbons (Fsp3) is 0.500. The van der Waals surface area contributed by atoms with Crippen LogP contribution in [-0.4, -0.2) is 44.5 Å². The highest BCUT2D eigenvalue weighted by Crippen LogP contribution is 2.26. The molecule has 1 saturated heterocycles. The Balaban J connectivity index is 1.86. The summed E-state index contributed by atoms with van der Waals surface area (Å²) < 4.78 is 10.5. The van der Waals surface area contributed by atoms with Gasteiger partial charge in [-0.2, -0.15) is 4.98 Å². The maximum Gasteiger partial charge on any atom is 0.235 e. The van der Waals surface area contributed by atoms with Gasteiger partial charge in [0.1, 0.15) is 11.5 Å². The van der Waals surface area contributed by atoms with Gasteiger partial charge in [0.05, 0.1) is 18.6 Å². The van der Waals surface area contributed by atoms with Gasteiger partial charge in [0.25, 0.3) is 0 Å². The average Bonchev–Trinajstić information content (AvgIpc) is 2.89. The summed E-state index contributed by atoms with van der Waals surface area (Å²) >= 11 is 0. The highest BCUT2D eigenvalue weighted by atomic mass is 16.5. The molecule has 7 heteroatoms. The highest BCUT2D eigenvalue weighted by Gasteiger charge is 2.30.